The Balaban J connectivity index is 1.88. The first-order valence-electron chi connectivity index (χ1n) is 11.7. The van der Waals surface area contributed by atoms with E-state index in [9.17, 15) is 23.9 Å². The summed E-state index contributed by atoms with van der Waals surface area (Å²) >= 11 is 0.899. The highest BCUT2D eigenvalue weighted by atomic mass is 32.1. The lowest BCUT2D eigenvalue weighted by atomic mass is 9.94. The lowest BCUT2D eigenvalue weighted by molar-refractivity contribution is -0.132. The SMILES string of the molecule is C=CCOc1ccc(/C(O)=C2/C(=O)C(=O)N(c3nc(C)c(C(=O)OCC)s3)C2c2ccc(F)cc2)c(C)c1. The minimum absolute atomic E-state index is 0.0749. The second kappa shape index (κ2) is 11.0. The predicted molar refractivity (Wildman–Crippen MR) is 141 cm³/mol. The quantitative estimate of drug-likeness (QED) is 0.138. The van der Waals surface area contributed by atoms with Crippen LogP contribution in [-0.2, 0) is 14.3 Å². The molecule has 0 radical (unpaired) electrons. The fourth-order valence-electron chi connectivity index (χ4n) is 4.15. The standard InChI is InChI=1S/C28H25FN2O6S/c1-5-13-37-19-11-12-20(15(3)14-19)23(32)21-22(17-7-9-18(29)10-8-17)31(26(34)24(21)33)28-30-16(4)25(38-28)27(35)36-6-2/h5,7-12,14,22,32H,1,6,13H2,2-4H3/b23-21-. The fourth-order valence-corrected chi connectivity index (χ4v) is 5.14. The van der Waals surface area contributed by atoms with Gasteiger partial charge < -0.3 is 14.6 Å². The molecule has 1 unspecified atom stereocenters. The molecule has 2 heterocycles. The molecular weight excluding hydrogens is 511 g/mol. The predicted octanol–water partition coefficient (Wildman–Crippen LogP) is 5.27. The Morgan fingerprint density at radius 2 is 1.92 bits per heavy atom. The van der Waals surface area contributed by atoms with E-state index in [-0.39, 0.29) is 22.2 Å². The van der Waals surface area contributed by atoms with E-state index in [0.29, 0.717) is 34.7 Å². The number of aliphatic hydroxyl groups excluding tert-OH is 1. The molecule has 1 atom stereocenters. The zero-order chi connectivity index (χ0) is 27.6. The molecule has 1 aliphatic heterocycles. The number of rotatable bonds is 8. The number of hydrogen-bond donors (Lipinski definition) is 1. The zero-order valence-corrected chi connectivity index (χ0v) is 21.8. The third kappa shape index (κ3) is 4.95. The minimum atomic E-state index is -1.12. The van der Waals surface area contributed by atoms with Crippen molar-refractivity contribution in [2.24, 2.45) is 0 Å². The first-order valence-corrected chi connectivity index (χ1v) is 12.5. The van der Waals surface area contributed by atoms with Gasteiger partial charge in [0, 0.05) is 5.56 Å². The number of nitrogens with zero attached hydrogens (tertiary/aromatic N) is 2. The number of thiazole rings is 1. The molecule has 1 saturated heterocycles. The van der Waals surface area contributed by atoms with Crippen LogP contribution in [0.15, 0.2) is 60.7 Å². The Morgan fingerprint density at radius 1 is 1.21 bits per heavy atom. The number of aliphatic hydroxyl groups is 1. The fraction of sp³-hybridized carbons (Fsp3) is 0.214. The molecule has 1 fully saturated rings. The number of carbonyl (C=O) groups is 3. The van der Waals surface area contributed by atoms with E-state index in [0.717, 1.165) is 16.2 Å². The third-order valence-corrected chi connectivity index (χ3v) is 7.04. The summed E-state index contributed by atoms with van der Waals surface area (Å²) < 4.78 is 24.4. The molecule has 3 aromatic rings. The molecule has 38 heavy (non-hydrogen) atoms. The molecule has 0 saturated carbocycles. The van der Waals surface area contributed by atoms with Crippen LogP contribution in [-0.4, -0.2) is 41.0 Å². The number of ketones is 1. The number of benzene rings is 2. The maximum Gasteiger partial charge on any atom is 0.350 e. The monoisotopic (exact) mass is 536 g/mol. The van der Waals surface area contributed by atoms with Crippen molar-refractivity contribution in [2.75, 3.05) is 18.1 Å². The van der Waals surface area contributed by atoms with Gasteiger partial charge >= 0.3 is 11.9 Å². The lowest BCUT2D eigenvalue weighted by Gasteiger charge is -2.23. The third-order valence-electron chi connectivity index (χ3n) is 5.90. The van der Waals surface area contributed by atoms with E-state index in [4.69, 9.17) is 9.47 Å². The summed E-state index contributed by atoms with van der Waals surface area (Å²) in [6.45, 7) is 9.05. The van der Waals surface area contributed by atoms with Crippen LogP contribution in [0.4, 0.5) is 9.52 Å². The van der Waals surface area contributed by atoms with Gasteiger partial charge in [-0.05, 0) is 62.2 Å². The molecule has 196 valence electrons. The van der Waals surface area contributed by atoms with Crippen molar-refractivity contribution < 1.29 is 33.4 Å². The molecule has 0 spiro atoms. The van der Waals surface area contributed by atoms with Gasteiger partial charge in [-0.15, -0.1) is 0 Å². The van der Waals surface area contributed by atoms with Crippen molar-refractivity contribution in [1.29, 1.82) is 0 Å². The van der Waals surface area contributed by atoms with E-state index in [1.54, 1.807) is 45.0 Å². The van der Waals surface area contributed by atoms with Crippen molar-refractivity contribution in [3.63, 3.8) is 0 Å². The average molecular weight is 537 g/mol. The molecule has 0 bridgehead atoms. The van der Waals surface area contributed by atoms with Gasteiger partial charge in [-0.3, -0.25) is 14.5 Å². The first kappa shape index (κ1) is 26.7. The van der Waals surface area contributed by atoms with Crippen LogP contribution in [0.3, 0.4) is 0 Å². The van der Waals surface area contributed by atoms with Gasteiger partial charge in [0.2, 0.25) is 0 Å². The van der Waals surface area contributed by atoms with Gasteiger partial charge in [-0.2, -0.15) is 0 Å². The van der Waals surface area contributed by atoms with Crippen molar-refractivity contribution in [3.05, 3.63) is 93.8 Å². The molecule has 4 rings (SSSR count). The summed E-state index contributed by atoms with van der Waals surface area (Å²) in [5.41, 5.74) is 1.44. The van der Waals surface area contributed by atoms with E-state index in [1.807, 2.05) is 0 Å². The zero-order valence-electron chi connectivity index (χ0n) is 21.0. The molecule has 1 amide bonds. The molecule has 2 aromatic carbocycles. The number of hydrogen-bond acceptors (Lipinski definition) is 8. The highest BCUT2D eigenvalue weighted by Gasteiger charge is 2.48. The number of amides is 1. The van der Waals surface area contributed by atoms with Gasteiger partial charge in [0.25, 0.3) is 5.78 Å². The van der Waals surface area contributed by atoms with Crippen molar-refractivity contribution in [2.45, 2.75) is 26.8 Å². The van der Waals surface area contributed by atoms with Gasteiger partial charge in [-0.1, -0.05) is 36.1 Å². The Kier molecular flexibility index (Phi) is 7.72. The highest BCUT2D eigenvalue weighted by molar-refractivity contribution is 7.17. The van der Waals surface area contributed by atoms with E-state index < -0.39 is 35.3 Å². The summed E-state index contributed by atoms with van der Waals surface area (Å²) in [6, 6.07) is 9.04. The normalized spacial score (nSPS) is 16.5. The number of esters is 1. The Bertz CT molecular complexity index is 1460. The number of halogens is 1. The minimum Gasteiger partial charge on any atom is -0.507 e. The van der Waals surface area contributed by atoms with Gasteiger partial charge in [-0.25, -0.2) is 14.2 Å². The number of ether oxygens (including phenoxy) is 2. The van der Waals surface area contributed by atoms with Gasteiger partial charge in [0.05, 0.1) is 23.9 Å². The van der Waals surface area contributed by atoms with Crippen LogP contribution in [0.5, 0.6) is 5.75 Å². The Labute approximate surface area is 222 Å². The maximum atomic E-state index is 13.8. The van der Waals surface area contributed by atoms with E-state index in [2.05, 4.69) is 11.6 Å². The van der Waals surface area contributed by atoms with Crippen molar-refractivity contribution in [3.8, 4) is 5.75 Å². The summed E-state index contributed by atoms with van der Waals surface area (Å²) in [4.78, 5) is 44.8. The smallest absolute Gasteiger partial charge is 0.350 e. The van der Waals surface area contributed by atoms with Crippen molar-refractivity contribution >= 4 is 39.9 Å². The Morgan fingerprint density at radius 3 is 2.55 bits per heavy atom. The van der Waals surface area contributed by atoms with Gasteiger partial charge in [0.15, 0.2) is 5.13 Å². The van der Waals surface area contributed by atoms with Crippen LogP contribution in [0.1, 0.15) is 45.0 Å². The lowest BCUT2D eigenvalue weighted by Crippen LogP contribution is -2.29. The number of anilines is 1. The largest absolute Gasteiger partial charge is 0.507 e. The summed E-state index contributed by atoms with van der Waals surface area (Å²) in [5, 5.41) is 11.5. The second-order valence-electron chi connectivity index (χ2n) is 8.43. The van der Waals surface area contributed by atoms with Gasteiger partial charge in [0.1, 0.15) is 28.8 Å². The van der Waals surface area contributed by atoms with Crippen LogP contribution in [0.25, 0.3) is 5.76 Å². The van der Waals surface area contributed by atoms with Crippen LogP contribution >= 0.6 is 11.3 Å². The molecule has 8 nitrogen and oxygen atoms in total. The number of aromatic nitrogens is 1. The number of aryl methyl sites for hydroxylation is 2. The van der Waals surface area contributed by atoms with Crippen molar-refractivity contribution in [1.82, 2.24) is 4.98 Å². The van der Waals surface area contributed by atoms with E-state index in [1.165, 1.54) is 24.3 Å². The number of Topliss-reactive ketones (excluding diaryl/α,β-unsaturated/α-hetero) is 1. The average Bonchev–Trinajstić information content (AvgIpc) is 3.39. The molecule has 10 heteroatoms. The van der Waals surface area contributed by atoms with Crippen LogP contribution in [0, 0.1) is 19.7 Å². The molecule has 1 aliphatic rings. The van der Waals surface area contributed by atoms with Crippen LogP contribution in [0.2, 0.25) is 0 Å². The van der Waals surface area contributed by atoms with Crippen LogP contribution < -0.4 is 9.64 Å². The molecule has 1 aromatic heterocycles. The maximum absolute atomic E-state index is 13.8. The molecule has 1 N–H and O–H groups in total. The topological polar surface area (TPSA) is 106 Å². The van der Waals surface area contributed by atoms with E-state index >= 15 is 0 Å². The summed E-state index contributed by atoms with van der Waals surface area (Å²) in [6.07, 6.45) is 1.60. The summed E-state index contributed by atoms with van der Waals surface area (Å²) in [7, 11) is 0. The first-order chi connectivity index (χ1) is 18.2. The highest BCUT2D eigenvalue weighted by Crippen LogP contribution is 2.44. The molecular formula is C28H25FN2O6S. The second-order valence-corrected chi connectivity index (χ2v) is 9.41. The Hall–Kier alpha value is -4.31. The summed E-state index contributed by atoms with van der Waals surface area (Å²) in [5.74, 6) is -2.84. The molecule has 0 aliphatic carbocycles. The number of carbonyl (C=O) groups excluding carboxylic acids is 3.